The number of hydrogen-bond acceptors (Lipinski definition) is 2. The molecular formula is C11H15FO2. The molecule has 0 aliphatic rings. The van der Waals surface area contributed by atoms with Gasteiger partial charge in [-0.1, -0.05) is 13.3 Å². The molecule has 0 bridgehead atoms. The average Bonchev–Trinajstić information content (AvgIpc) is 2.17. The molecule has 2 nitrogen and oxygen atoms in total. The Morgan fingerprint density at radius 1 is 1.50 bits per heavy atom. The lowest BCUT2D eigenvalue weighted by molar-refractivity contribution is 0.161. The topological polar surface area (TPSA) is 29.5 Å². The van der Waals surface area contributed by atoms with Crippen molar-refractivity contribution in [1.82, 2.24) is 0 Å². The first-order valence-electron chi connectivity index (χ1n) is 4.70. The molecule has 1 aromatic carbocycles. The van der Waals surface area contributed by atoms with Gasteiger partial charge in [0.2, 0.25) is 0 Å². The van der Waals surface area contributed by atoms with E-state index in [1.54, 1.807) is 12.1 Å². The van der Waals surface area contributed by atoms with E-state index in [0.29, 0.717) is 17.7 Å². The lowest BCUT2D eigenvalue weighted by atomic mass is 10.0. The van der Waals surface area contributed by atoms with Gasteiger partial charge in [-0.2, -0.15) is 0 Å². The molecule has 14 heavy (non-hydrogen) atoms. The van der Waals surface area contributed by atoms with Gasteiger partial charge in [0.15, 0.2) is 0 Å². The number of hydrogen-bond donors (Lipinski definition) is 1. The van der Waals surface area contributed by atoms with Crippen LogP contribution in [0.1, 0.15) is 31.4 Å². The van der Waals surface area contributed by atoms with Crippen LogP contribution in [0.25, 0.3) is 0 Å². The zero-order chi connectivity index (χ0) is 10.6. The van der Waals surface area contributed by atoms with Gasteiger partial charge in [0.05, 0.1) is 13.2 Å². The van der Waals surface area contributed by atoms with Crippen molar-refractivity contribution in [3.63, 3.8) is 0 Å². The molecule has 1 atom stereocenters. The molecule has 0 aliphatic carbocycles. The highest BCUT2D eigenvalue weighted by Crippen LogP contribution is 2.24. The fourth-order valence-electron chi connectivity index (χ4n) is 1.33. The van der Waals surface area contributed by atoms with Crippen LogP contribution >= 0.6 is 0 Å². The Morgan fingerprint density at radius 2 is 2.21 bits per heavy atom. The van der Waals surface area contributed by atoms with Gasteiger partial charge in [-0.3, -0.25) is 0 Å². The molecule has 0 radical (unpaired) electrons. The largest absolute Gasteiger partial charge is 0.497 e. The van der Waals surface area contributed by atoms with Gasteiger partial charge in [0.1, 0.15) is 11.6 Å². The minimum atomic E-state index is -0.717. The second-order valence-electron chi connectivity index (χ2n) is 3.19. The molecule has 1 aromatic rings. The Bertz CT molecular complexity index is 299. The van der Waals surface area contributed by atoms with E-state index in [1.807, 2.05) is 6.92 Å². The maximum Gasteiger partial charge on any atom is 0.132 e. The average molecular weight is 198 g/mol. The molecule has 3 heteroatoms. The summed E-state index contributed by atoms with van der Waals surface area (Å²) in [5.41, 5.74) is 0.340. The maximum atomic E-state index is 13.4. The van der Waals surface area contributed by atoms with Crippen LogP contribution in [0.3, 0.4) is 0 Å². The van der Waals surface area contributed by atoms with Crippen LogP contribution in [0.5, 0.6) is 5.75 Å². The Balaban J connectivity index is 2.88. The van der Waals surface area contributed by atoms with Crippen LogP contribution in [-0.4, -0.2) is 12.2 Å². The summed E-state index contributed by atoms with van der Waals surface area (Å²) in [7, 11) is 1.48. The number of benzene rings is 1. The van der Waals surface area contributed by atoms with Gasteiger partial charge in [0.25, 0.3) is 0 Å². The molecule has 0 amide bonds. The molecule has 0 fully saturated rings. The summed E-state index contributed by atoms with van der Waals surface area (Å²) in [6.07, 6.45) is 0.682. The summed E-state index contributed by atoms with van der Waals surface area (Å²) in [6, 6.07) is 4.50. The van der Waals surface area contributed by atoms with Gasteiger partial charge >= 0.3 is 0 Å². The van der Waals surface area contributed by atoms with Crippen LogP contribution in [0, 0.1) is 5.82 Å². The van der Waals surface area contributed by atoms with Crippen LogP contribution in [0.15, 0.2) is 18.2 Å². The zero-order valence-electron chi connectivity index (χ0n) is 8.46. The van der Waals surface area contributed by atoms with Crippen LogP contribution < -0.4 is 4.74 Å². The number of halogens is 1. The standard InChI is InChI=1S/C11H15FO2/c1-3-4-11(13)9-6-5-8(14-2)7-10(9)12/h5-7,11,13H,3-4H2,1-2H3/t11-/m1/s1. The first-order chi connectivity index (χ1) is 6.69. The molecule has 0 aromatic heterocycles. The van der Waals surface area contributed by atoms with E-state index in [-0.39, 0.29) is 0 Å². The number of ether oxygens (including phenoxy) is 1. The van der Waals surface area contributed by atoms with E-state index in [0.717, 1.165) is 6.42 Å². The highest BCUT2D eigenvalue weighted by atomic mass is 19.1. The van der Waals surface area contributed by atoms with E-state index < -0.39 is 11.9 Å². The Morgan fingerprint density at radius 3 is 2.71 bits per heavy atom. The monoisotopic (exact) mass is 198 g/mol. The molecule has 0 saturated heterocycles. The molecular weight excluding hydrogens is 183 g/mol. The van der Waals surface area contributed by atoms with Crippen molar-refractivity contribution in [3.8, 4) is 5.75 Å². The van der Waals surface area contributed by atoms with Crippen LogP contribution in [0.2, 0.25) is 0 Å². The molecule has 0 heterocycles. The minimum absolute atomic E-state index is 0.340. The quantitative estimate of drug-likeness (QED) is 0.806. The summed E-state index contributed by atoms with van der Waals surface area (Å²) in [6.45, 7) is 1.95. The van der Waals surface area contributed by atoms with E-state index in [4.69, 9.17) is 4.74 Å². The molecule has 0 spiro atoms. The summed E-state index contributed by atoms with van der Waals surface area (Å²) in [4.78, 5) is 0. The number of methoxy groups -OCH3 is 1. The van der Waals surface area contributed by atoms with Crippen molar-refractivity contribution in [3.05, 3.63) is 29.6 Å². The first kappa shape index (κ1) is 11.0. The van der Waals surface area contributed by atoms with Crippen molar-refractivity contribution in [1.29, 1.82) is 0 Å². The fourth-order valence-corrected chi connectivity index (χ4v) is 1.33. The highest BCUT2D eigenvalue weighted by Gasteiger charge is 2.12. The highest BCUT2D eigenvalue weighted by molar-refractivity contribution is 5.30. The minimum Gasteiger partial charge on any atom is -0.497 e. The number of aliphatic hydroxyl groups excluding tert-OH is 1. The van der Waals surface area contributed by atoms with E-state index in [1.165, 1.54) is 13.2 Å². The van der Waals surface area contributed by atoms with Gasteiger partial charge in [-0.25, -0.2) is 4.39 Å². The Kier molecular flexibility index (Phi) is 3.89. The molecule has 1 rings (SSSR count). The predicted molar refractivity (Wildman–Crippen MR) is 52.8 cm³/mol. The lowest BCUT2D eigenvalue weighted by Crippen LogP contribution is -2.00. The summed E-state index contributed by atoms with van der Waals surface area (Å²) in [5.74, 6) is 0.0558. The number of rotatable bonds is 4. The summed E-state index contributed by atoms with van der Waals surface area (Å²) < 4.78 is 18.2. The third-order valence-electron chi connectivity index (χ3n) is 2.13. The third-order valence-corrected chi connectivity index (χ3v) is 2.13. The second kappa shape index (κ2) is 4.96. The van der Waals surface area contributed by atoms with E-state index in [2.05, 4.69) is 0 Å². The van der Waals surface area contributed by atoms with Crippen molar-refractivity contribution in [2.24, 2.45) is 0 Å². The van der Waals surface area contributed by atoms with Crippen LogP contribution in [-0.2, 0) is 0 Å². The van der Waals surface area contributed by atoms with E-state index >= 15 is 0 Å². The number of aliphatic hydroxyl groups is 1. The molecule has 0 saturated carbocycles. The first-order valence-corrected chi connectivity index (χ1v) is 4.70. The molecule has 1 N–H and O–H groups in total. The SMILES string of the molecule is CCC[C@@H](O)c1ccc(OC)cc1F. The third kappa shape index (κ3) is 2.45. The van der Waals surface area contributed by atoms with Crippen molar-refractivity contribution < 1.29 is 14.2 Å². The fraction of sp³-hybridized carbons (Fsp3) is 0.455. The predicted octanol–water partition coefficient (Wildman–Crippen LogP) is 2.67. The second-order valence-corrected chi connectivity index (χ2v) is 3.19. The van der Waals surface area contributed by atoms with Crippen LogP contribution in [0.4, 0.5) is 4.39 Å². The van der Waals surface area contributed by atoms with Gasteiger partial charge < -0.3 is 9.84 Å². The van der Waals surface area contributed by atoms with Gasteiger partial charge in [-0.05, 0) is 18.6 Å². The maximum absolute atomic E-state index is 13.4. The van der Waals surface area contributed by atoms with Gasteiger partial charge in [0, 0.05) is 11.6 Å². The summed E-state index contributed by atoms with van der Waals surface area (Å²) >= 11 is 0. The lowest BCUT2D eigenvalue weighted by Gasteiger charge is -2.11. The van der Waals surface area contributed by atoms with E-state index in [9.17, 15) is 9.50 Å². The smallest absolute Gasteiger partial charge is 0.132 e. The van der Waals surface area contributed by atoms with Crippen molar-refractivity contribution >= 4 is 0 Å². The zero-order valence-corrected chi connectivity index (χ0v) is 8.46. The Hall–Kier alpha value is -1.09. The Labute approximate surface area is 83.3 Å². The summed E-state index contributed by atoms with van der Waals surface area (Å²) in [5, 5.41) is 9.58. The normalized spacial score (nSPS) is 12.6. The van der Waals surface area contributed by atoms with Gasteiger partial charge in [-0.15, -0.1) is 0 Å². The van der Waals surface area contributed by atoms with Crippen molar-refractivity contribution in [2.45, 2.75) is 25.9 Å². The molecule has 78 valence electrons. The molecule has 0 unspecified atom stereocenters. The van der Waals surface area contributed by atoms with Crippen molar-refractivity contribution in [2.75, 3.05) is 7.11 Å². The molecule has 0 aliphatic heterocycles.